The maximum Gasteiger partial charge on any atom is 0.319 e. The second kappa shape index (κ2) is 7.14. The fraction of sp³-hybridized carbons (Fsp3) is 0.312. The molecule has 0 atom stereocenters. The van der Waals surface area contributed by atoms with Crippen LogP contribution in [0.4, 0.5) is 5.69 Å². The number of carboxylic acid groups (broad SMARTS) is 1. The number of carbonyl (C=O) groups is 2. The number of thiazole rings is 1. The number of para-hydroxylation sites is 1. The quantitative estimate of drug-likeness (QED) is 0.810. The van der Waals surface area contributed by atoms with Gasteiger partial charge < -0.3 is 10.0 Å². The molecule has 0 radical (unpaired) electrons. The van der Waals surface area contributed by atoms with Crippen molar-refractivity contribution in [3.63, 3.8) is 0 Å². The molecule has 0 saturated heterocycles. The van der Waals surface area contributed by atoms with Gasteiger partial charge in [0.25, 0.3) is 0 Å². The van der Waals surface area contributed by atoms with Crippen LogP contribution in [-0.2, 0) is 16.0 Å². The minimum Gasteiger partial charge on any atom is -0.480 e. The van der Waals surface area contributed by atoms with E-state index < -0.39 is 10.7 Å². The zero-order valence-corrected chi connectivity index (χ0v) is 14.8. The van der Waals surface area contributed by atoms with Crippen LogP contribution in [0.15, 0.2) is 40.1 Å². The summed E-state index contributed by atoms with van der Waals surface area (Å²) < 4.78 is -0.289. The van der Waals surface area contributed by atoms with Crippen molar-refractivity contribution >= 4 is 40.7 Å². The van der Waals surface area contributed by atoms with Gasteiger partial charge in [0.15, 0.2) is 4.34 Å². The third-order valence-electron chi connectivity index (χ3n) is 3.24. The minimum absolute atomic E-state index is 0.0597. The molecule has 23 heavy (non-hydrogen) atoms. The maximum absolute atomic E-state index is 12.3. The van der Waals surface area contributed by atoms with Crippen LogP contribution in [0.5, 0.6) is 0 Å². The van der Waals surface area contributed by atoms with Crippen LogP contribution in [0.2, 0.25) is 0 Å². The highest BCUT2D eigenvalue weighted by Crippen LogP contribution is 2.34. The monoisotopic (exact) mass is 350 g/mol. The highest BCUT2D eigenvalue weighted by molar-refractivity contribution is 8.02. The van der Waals surface area contributed by atoms with Gasteiger partial charge in [-0.05, 0) is 26.0 Å². The lowest BCUT2D eigenvalue weighted by atomic mass is 10.2. The second-order valence-corrected chi connectivity index (χ2v) is 8.22. The highest BCUT2D eigenvalue weighted by atomic mass is 32.2. The molecule has 1 heterocycles. The first-order valence-electron chi connectivity index (χ1n) is 6.98. The van der Waals surface area contributed by atoms with Gasteiger partial charge in [0, 0.05) is 18.1 Å². The molecule has 2 rings (SSSR count). The molecule has 0 bridgehead atoms. The Morgan fingerprint density at radius 1 is 1.30 bits per heavy atom. The molecule has 1 N–H and O–H groups in total. The number of thioether (sulfide) groups is 1. The zero-order chi connectivity index (χ0) is 17.0. The normalized spacial score (nSPS) is 11.3. The Morgan fingerprint density at radius 3 is 2.57 bits per heavy atom. The van der Waals surface area contributed by atoms with Gasteiger partial charge in [-0.3, -0.25) is 9.59 Å². The summed E-state index contributed by atoms with van der Waals surface area (Å²) in [5, 5.41) is 11.0. The number of rotatable bonds is 6. The van der Waals surface area contributed by atoms with Crippen molar-refractivity contribution in [2.75, 3.05) is 11.9 Å². The standard InChI is InChI=1S/C16H18N2O3S2/c1-16(2,14(20)21)23-15-17-11(10-22-15)9-13(19)18(3)12-7-5-4-6-8-12/h4-8,10H,9H2,1-3H3,(H,20,21). The lowest BCUT2D eigenvalue weighted by Gasteiger charge is -2.17. The summed E-state index contributed by atoms with van der Waals surface area (Å²) in [7, 11) is 1.73. The van der Waals surface area contributed by atoms with E-state index in [0.29, 0.717) is 10.0 Å². The molecule has 0 fully saturated rings. The number of benzene rings is 1. The third kappa shape index (κ3) is 4.56. The van der Waals surface area contributed by atoms with E-state index in [4.69, 9.17) is 5.11 Å². The number of likely N-dealkylation sites (N-methyl/N-ethyl adjacent to an activating group) is 1. The van der Waals surface area contributed by atoms with Gasteiger partial charge in [-0.15, -0.1) is 11.3 Å². The smallest absolute Gasteiger partial charge is 0.319 e. The molecule has 122 valence electrons. The van der Waals surface area contributed by atoms with E-state index in [1.165, 1.54) is 23.1 Å². The molecule has 1 aromatic heterocycles. The van der Waals surface area contributed by atoms with Crippen molar-refractivity contribution in [3.05, 3.63) is 41.4 Å². The van der Waals surface area contributed by atoms with Crippen LogP contribution in [0, 0.1) is 0 Å². The molecule has 0 saturated carbocycles. The predicted molar refractivity (Wildman–Crippen MR) is 93.2 cm³/mol. The first kappa shape index (κ1) is 17.5. The van der Waals surface area contributed by atoms with E-state index in [9.17, 15) is 9.59 Å². The molecule has 0 aliphatic heterocycles. The average molecular weight is 350 g/mol. The SMILES string of the molecule is CN(C(=O)Cc1csc(SC(C)(C)C(=O)O)n1)c1ccccc1. The van der Waals surface area contributed by atoms with Gasteiger partial charge in [0.05, 0.1) is 12.1 Å². The Bertz CT molecular complexity index is 698. The van der Waals surface area contributed by atoms with E-state index in [-0.39, 0.29) is 12.3 Å². The van der Waals surface area contributed by atoms with Gasteiger partial charge >= 0.3 is 5.97 Å². The summed E-state index contributed by atoms with van der Waals surface area (Å²) in [5.74, 6) is -0.949. The Balaban J connectivity index is 2.02. The summed E-state index contributed by atoms with van der Waals surface area (Å²) in [5.41, 5.74) is 1.49. The summed E-state index contributed by atoms with van der Waals surface area (Å²) in [6.45, 7) is 3.27. The zero-order valence-electron chi connectivity index (χ0n) is 13.1. The highest BCUT2D eigenvalue weighted by Gasteiger charge is 2.30. The van der Waals surface area contributed by atoms with E-state index >= 15 is 0 Å². The number of carbonyl (C=O) groups excluding carboxylic acids is 1. The molecule has 7 heteroatoms. The molecular weight excluding hydrogens is 332 g/mol. The number of nitrogens with zero attached hydrogens (tertiary/aromatic N) is 2. The van der Waals surface area contributed by atoms with Gasteiger partial charge in [-0.1, -0.05) is 30.0 Å². The molecule has 5 nitrogen and oxygen atoms in total. The van der Waals surface area contributed by atoms with Crippen LogP contribution in [0.3, 0.4) is 0 Å². The third-order valence-corrected chi connectivity index (χ3v) is 5.41. The Kier molecular flexibility index (Phi) is 5.43. The van der Waals surface area contributed by atoms with Gasteiger partial charge in [-0.25, -0.2) is 4.98 Å². The van der Waals surface area contributed by atoms with Gasteiger partial charge in [-0.2, -0.15) is 0 Å². The molecule has 0 aliphatic rings. The summed E-state index contributed by atoms with van der Waals surface area (Å²) in [6, 6.07) is 9.40. The van der Waals surface area contributed by atoms with Crippen LogP contribution in [0.1, 0.15) is 19.5 Å². The summed E-state index contributed by atoms with van der Waals surface area (Å²) >= 11 is 2.55. The Labute approximate surface area is 143 Å². The number of hydrogen-bond acceptors (Lipinski definition) is 5. The molecule has 0 aliphatic carbocycles. The topological polar surface area (TPSA) is 70.5 Å². The van der Waals surface area contributed by atoms with Crippen LogP contribution >= 0.6 is 23.1 Å². The lowest BCUT2D eigenvalue weighted by Crippen LogP contribution is -2.28. The van der Waals surface area contributed by atoms with Crippen molar-refractivity contribution in [3.8, 4) is 0 Å². The van der Waals surface area contributed by atoms with E-state index in [0.717, 1.165) is 5.69 Å². The van der Waals surface area contributed by atoms with E-state index in [2.05, 4.69) is 4.98 Å². The summed E-state index contributed by atoms with van der Waals surface area (Å²) in [6.07, 6.45) is 0.190. The predicted octanol–water partition coefficient (Wildman–Crippen LogP) is 3.30. The maximum atomic E-state index is 12.3. The van der Waals surface area contributed by atoms with E-state index in [1.807, 2.05) is 30.3 Å². The molecule has 0 spiro atoms. The van der Waals surface area contributed by atoms with Crippen molar-refractivity contribution in [1.29, 1.82) is 0 Å². The number of aromatic nitrogens is 1. The fourth-order valence-corrected chi connectivity index (χ4v) is 3.94. The number of hydrogen-bond donors (Lipinski definition) is 1. The summed E-state index contributed by atoms with van der Waals surface area (Å²) in [4.78, 5) is 29.4. The van der Waals surface area contributed by atoms with Crippen molar-refractivity contribution < 1.29 is 14.7 Å². The number of carboxylic acids is 1. The molecule has 2 aromatic rings. The molecule has 0 unspecified atom stereocenters. The second-order valence-electron chi connectivity index (χ2n) is 5.49. The fourth-order valence-electron chi connectivity index (χ4n) is 1.75. The van der Waals surface area contributed by atoms with Crippen molar-refractivity contribution in [2.45, 2.75) is 29.4 Å². The van der Waals surface area contributed by atoms with Crippen LogP contribution in [-0.4, -0.2) is 33.8 Å². The molecule has 1 amide bonds. The van der Waals surface area contributed by atoms with Crippen LogP contribution < -0.4 is 4.90 Å². The van der Waals surface area contributed by atoms with E-state index in [1.54, 1.807) is 31.2 Å². The molecular formula is C16H18N2O3S2. The molecule has 1 aromatic carbocycles. The van der Waals surface area contributed by atoms with Crippen LogP contribution in [0.25, 0.3) is 0 Å². The number of aliphatic carboxylic acids is 1. The number of anilines is 1. The Hall–Kier alpha value is -1.86. The minimum atomic E-state index is -0.944. The first-order valence-corrected chi connectivity index (χ1v) is 8.67. The van der Waals surface area contributed by atoms with Gasteiger partial charge in [0.2, 0.25) is 5.91 Å². The van der Waals surface area contributed by atoms with Crippen molar-refractivity contribution in [1.82, 2.24) is 4.98 Å². The Morgan fingerprint density at radius 2 is 1.96 bits per heavy atom. The number of amides is 1. The van der Waals surface area contributed by atoms with Gasteiger partial charge in [0.1, 0.15) is 4.75 Å². The first-order chi connectivity index (χ1) is 10.8. The lowest BCUT2D eigenvalue weighted by molar-refractivity contribution is -0.138. The largest absolute Gasteiger partial charge is 0.480 e. The van der Waals surface area contributed by atoms with Crippen molar-refractivity contribution in [2.24, 2.45) is 0 Å². The average Bonchev–Trinajstić information content (AvgIpc) is 2.93.